The maximum absolute atomic E-state index is 11.6. The summed E-state index contributed by atoms with van der Waals surface area (Å²) < 4.78 is 24.4. The molecule has 23 heteroatoms. The number of aliphatic hydroxyl groups is 1. The van der Waals surface area contributed by atoms with Gasteiger partial charge in [-0.3, -0.25) is 38.4 Å². The van der Waals surface area contributed by atoms with Crippen LogP contribution in [0.4, 0.5) is 0 Å². The third kappa shape index (κ3) is 31.0. The van der Waals surface area contributed by atoms with Crippen molar-refractivity contribution in [1.82, 2.24) is 16.0 Å². The van der Waals surface area contributed by atoms with Gasteiger partial charge in [-0.1, -0.05) is 91.0 Å². The normalized spacial score (nSPS) is 16.6. The molecule has 408 valence electrons. The van der Waals surface area contributed by atoms with Crippen molar-refractivity contribution in [3.63, 3.8) is 0 Å². The molecule has 75 heavy (non-hydrogen) atoms. The third-order valence-corrected chi connectivity index (χ3v) is 10.7. The molecule has 3 atom stereocenters. The van der Waals surface area contributed by atoms with E-state index in [1.807, 2.05) is 78.9 Å². The summed E-state index contributed by atoms with van der Waals surface area (Å²) in [6.45, 7) is 1.45. The number of esters is 5. The minimum Gasteiger partial charge on any atom is -0.481 e. The SMILES string of the molecule is O=C(Br)c1ccccc1.O=C(CCCO)OCc1ccccc1.O=C(O)CCCOC(=O)[C@@H]1CCC(=O)N1.O=C1CCCO1.O=C1CC[C@@H](C(=O)O)N1.O=C1CC[C@@H](C(=O)OCCCC(=O)OCc2ccccc2)N1. The van der Waals surface area contributed by atoms with Crippen molar-refractivity contribution in [2.75, 3.05) is 26.4 Å². The van der Waals surface area contributed by atoms with E-state index < -0.39 is 42.0 Å². The Kier molecular flexibility index (Phi) is 32.3. The molecule has 4 aliphatic rings. The summed E-state index contributed by atoms with van der Waals surface area (Å²) in [5.41, 5.74) is 2.60. The second-order valence-electron chi connectivity index (χ2n) is 16.3. The average molecular weight is 1110 g/mol. The summed E-state index contributed by atoms with van der Waals surface area (Å²) in [6, 6.07) is 26.2. The van der Waals surface area contributed by atoms with Crippen molar-refractivity contribution in [3.8, 4) is 0 Å². The lowest BCUT2D eigenvalue weighted by molar-refractivity contribution is -0.149. The zero-order chi connectivity index (χ0) is 55.2. The average Bonchev–Trinajstić information content (AvgIpc) is 4.26. The highest BCUT2D eigenvalue weighted by Gasteiger charge is 2.29. The first-order valence-electron chi connectivity index (χ1n) is 24.0. The molecule has 3 aromatic carbocycles. The molecule has 4 aliphatic heterocycles. The predicted octanol–water partition coefficient (Wildman–Crippen LogP) is 4.40. The van der Waals surface area contributed by atoms with Crippen molar-refractivity contribution >= 4 is 80.1 Å². The quantitative estimate of drug-likeness (QED) is 0.0419. The highest BCUT2D eigenvalue weighted by Crippen LogP contribution is 2.11. The van der Waals surface area contributed by atoms with Gasteiger partial charge in [-0.15, -0.1) is 0 Å². The molecule has 7 rings (SSSR count). The highest BCUT2D eigenvalue weighted by atomic mass is 79.9. The molecule has 22 nitrogen and oxygen atoms in total. The number of hydrogen-bond acceptors (Lipinski definition) is 17. The van der Waals surface area contributed by atoms with Gasteiger partial charge in [-0.2, -0.15) is 0 Å². The van der Waals surface area contributed by atoms with E-state index in [1.165, 1.54) is 0 Å². The molecule has 6 N–H and O–H groups in total. The number of ether oxygens (including phenoxy) is 5. The molecule has 3 amide bonds. The Morgan fingerprint density at radius 1 is 0.547 bits per heavy atom. The maximum Gasteiger partial charge on any atom is 0.328 e. The molecular formula is C52H64BrN3O19. The number of nitrogens with one attached hydrogen (secondary N) is 3. The van der Waals surface area contributed by atoms with Gasteiger partial charge >= 0.3 is 41.8 Å². The lowest BCUT2D eigenvalue weighted by Gasteiger charge is -2.10. The van der Waals surface area contributed by atoms with Gasteiger partial charge in [0.1, 0.15) is 31.3 Å². The van der Waals surface area contributed by atoms with Crippen LogP contribution in [0, 0.1) is 0 Å². The molecule has 0 bridgehead atoms. The number of carbonyl (C=O) groups excluding carboxylic acids is 9. The molecule has 0 radical (unpaired) electrons. The number of carboxylic acids is 2. The molecule has 3 aromatic rings. The Morgan fingerprint density at radius 2 is 0.960 bits per heavy atom. The van der Waals surface area contributed by atoms with Crippen molar-refractivity contribution < 1.29 is 91.7 Å². The van der Waals surface area contributed by atoms with Crippen LogP contribution in [0.5, 0.6) is 0 Å². The van der Waals surface area contributed by atoms with Gasteiger partial charge in [-0.25, -0.2) is 14.4 Å². The Balaban J connectivity index is 0.000000323. The zero-order valence-electron chi connectivity index (χ0n) is 41.3. The predicted molar refractivity (Wildman–Crippen MR) is 268 cm³/mol. The van der Waals surface area contributed by atoms with Crippen LogP contribution < -0.4 is 16.0 Å². The Morgan fingerprint density at radius 3 is 1.27 bits per heavy atom. The van der Waals surface area contributed by atoms with E-state index in [-0.39, 0.29) is 86.0 Å². The van der Waals surface area contributed by atoms with Crippen LogP contribution in [0.1, 0.15) is 111 Å². The van der Waals surface area contributed by atoms with E-state index in [4.69, 9.17) is 34.3 Å². The van der Waals surface area contributed by atoms with Gasteiger partial charge < -0.3 is 55.0 Å². The minimum absolute atomic E-state index is 0.0235. The zero-order valence-corrected chi connectivity index (χ0v) is 42.9. The fraction of sp³-hybridized carbons (Fsp3) is 0.442. The first-order valence-corrected chi connectivity index (χ1v) is 24.8. The van der Waals surface area contributed by atoms with E-state index >= 15 is 0 Å². The Hall–Kier alpha value is -7.53. The standard InChI is InChI=1S/C16H19NO5.C11H14O3.C9H13NO5.C7H5BrO.C5H7NO3.C4H6O2/c18-14-9-8-13(17-14)16(20)21-10-4-7-15(19)22-11-12-5-2-1-3-6-12;12-8-4-7-11(13)14-9-10-5-2-1-3-6-10;11-7-4-3-6(10-7)9(14)15-5-1-2-8(12)13;8-7(9)6-4-2-1-3-5-6;7-4-2-1-3(6-4)5(8)9;5-4-2-1-3-6-4/h1-3,5-6,13H,4,7-11H2,(H,17,18);1-3,5-6,12H,4,7-9H2;6H,1-5H2,(H,10,11)(H,12,13);1-5H;3H,1-2H2,(H,6,7)(H,8,9);1-3H2/t13-;;6-;;3-;/m0.0.0./s1. The number of aliphatic hydroxyl groups excluding tert-OH is 1. The van der Waals surface area contributed by atoms with Gasteiger partial charge in [0.2, 0.25) is 22.4 Å². The van der Waals surface area contributed by atoms with Gasteiger partial charge in [0.05, 0.1) is 19.8 Å². The second kappa shape index (κ2) is 38.1. The Labute approximate surface area is 441 Å². The van der Waals surface area contributed by atoms with Crippen molar-refractivity contribution in [2.45, 2.75) is 121 Å². The van der Waals surface area contributed by atoms with E-state index in [2.05, 4.69) is 36.6 Å². The first-order chi connectivity index (χ1) is 36.0. The fourth-order valence-corrected chi connectivity index (χ4v) is 6.52. The molecule has 4 fully saturated rings. The van der Waals surface area contributed by atoms with Crippen LogP contribution in [-0.4, -0.2) is 124 Å². The maximum atomic E-state index is 11.6. The minimum atomic E-state index is -0.944. The van der Waals surface area contributed by atoms with E-state index in [9.17, 15) is 52.7 Å². The van der Waals surface area contributed by atoms with Gasteiger partial charge in [0.15, 0.2) is 0 Å². The molecular weight excluding hydrogens is 1050 g/mol. The molecule has 0 spiro atoms. The first kappa shape index (κ1) is 63.6. The van der Waals surface area contributed by atoms with Crippen LogP contribution in [0.15, 0.2) is 91.0 Å². The van der Waals surface area contributed by atoms with Gasteiger partial charge in [-0.05, 0) is 72.0 Å². The number of cyclic esters (lactones) is 1. The van der Waals surface area contributed by atoms with Crippen LogP contribution in [0.3, 0.4) is 0 Å². The molecule has 4 heterocycles. The van der Waals surface area contributed by atoms with Crippen LogP contribution >= 0.6 is 15.9 Å². The van der Waals surface area contributed by atoms with E-state index in [0.29, 0.717) is 83.0 Å². The number of benzene rings is 3. The number of hydrogen-bond donors (Lipinski definition) is 6. The number of rotatable bonds is 19. The van der Waals surface area contributed by atoms with Crippen LogP contribution in [0.2, 0.25) is 0 Å². The van der Waals surface area contributed by atoms with Gasteiger partial charge in [0.25, 0.3) is 0 Å². The summed E-state index contributed by atoms with van der Waals surface area (Å²) in [6.07, 6.45) is 5.54. The monoisotopic (exact) mass is 1110 g/mol. The lowest BCUT2D eigenvalue weighted by atomic mass is 10.2. The smallest absolute Gasteiger partial charge is 0.328 e. The largest absolute Gasteiger partial charge is 0.481 e. The van der Waals surface area contributed by atoms with Gasteiger partial charge in [0, 0.05) is 57.1 Å². The highest BCUT2D eigenvalue weighted by molar-refractivity contribution is 9.18. The Bertz CT molecular complexity index is 2280. The third-order valence-electron chi connectivity index (χ3n) is 10.2. The number of halogens is 1. The van der Waals surface area contributed by atoms with Crippen molar-refractivity contribution in [3.05, 3.63) is 108 Å². The van der Waals surface area contributed by atoms with Crippen molar-refractivity contribution in [2.24, 2.45) is 0 Å². The number of aliphatic carboxylic acids is 2. The second-order valence-corrected chi connectivity index (χ2v) is 17.1. The summed E-state index contributed by atoms with van der Waals surface area (Å²) in [5.74, 6) is -3.86. The van der Waals surface area contributed by atoms with Crippen LogP contribution in [-0.2, 0) is 84.8 Å². The fourth-order valence-electron chi connectivity index (χ4n) is 6.26. The number of carbonyl (C=O) groups is 11. The van der Waals surface area contributed by atoms with Crippen LogP contribution in [0.25, 0.3) is 0 Å². The molecule has 0 aromatic heterocycles. The summed E-state index contributed by atoms with van der Waals surface area (Å²) in [5, 5.41) is 32.5. The number of amides is 3. The lowest BCUT2D eigenvalue weighted by Crippen LogP contribution is -2.34. The molecule has 4 saturated heterocycles. The topological polar surface area (TPSA) is 331 Å². The summed E-state index contributed by atoms with van der Waals surface area (Å²) >= 11 is 2.84. The molecule has 0 unspecified atom stereocenters. The molecule has 0 aliphatic carbocycles. The van der Waals surface area contributed by atoms with E-state index in [0.717, 1.165) is 17.5 Å². The number of carboxylic acid groups (broad SMARTS) is 2. The summed E-state index contributed by atoms with van der Waals surface area (Å²) in [4.78, 5) is 118. The molecule has 0 saturated carbocycles. The van der Waals surface area contributed by atoms with E-state index in [1.54, 1.807) is 12.1 Å². The summed E-state index contributed by atoms with van der Waals surface area (Å²) in [7, 11) is 0. The van der Waals surface area contributed by atoms with Crippen molar-refractivity contribution in [1.29, 1.82) is 0 Å².